The molecule has 0 aliphatic carbocycles. The summed E-state index contributed by atoms with van der Waals surface area (Å²) in [6.07, 6.45) is -1.09. The summed E-state index contributed by atoms with van der Waals surface area (Å²) >= 11 is 3.30. The molecular weight excluding hydrogens is 288 g/mol. The van der Waals surface area contributed by atoms with Crippen LogP contribution in [0.5, 0.6) is 5.75 Å². The van der Waals surface area contributed by atoms with Crippen LogP contribution in [-0.2, 0) is 9.53 Å². The molecular formula is C12H13BrO4. The molecule has 1 rings (SSSR count). The second kappa shape index (κ2) is 5.84. The highest BCUT2D eigenvalue weighted by Crippen LogP contribution is 2.30. The van der Waals surface area contributed by atoms with E-state index in [2.05, 4.69) is 27.2 Å². The van der Waals surface area contributed by atoms with Crippen LogP contribution in [0.4, 0.5) is 0 Å². The van der Waals surface area contributed by atoms with Gasteiger partial charge in [-0.3, -0.25) is 0 Å². The number of rotatable bonds is 4. The number of carbonyl (C=O) groups is 1. The summed E-state index contributed by atoms with van der Waals surface area (Å²) < 4.78 is 10.3. The fourth-order valence-corrected chi connectivity index (χ4v) is 1.85. The zero-order valence-corrected chi connectivity index (χ0v) is 11.2. The van der Waals surface area contributed by atoms with Crippen LogP contribution in [0, 0.1) is 0 Å². The molecule has 92 valence electrons. The van der Waals surface area contributed by atoms with Gasteiger partial charge in [0.05, 0.1) is 24.3 Å². The molecule has 5 heteroatoms. The summed E-state index contributed by atoms with van der Waals surface area (Å²) in [5.74, 6) is 0.00840. The number of carbonyl (C=O) groups excluding carboxylic acids is 1. The van der Waals surface area contributed by atoms with E-state index in [1.54, 1.807) is 25.3 Å². The van der Waals surface area contributed by atoms with Gasteiger partial charge in [0.1, 0.15) is 11.9 Å². The molecule has 0 spiro atoms. The Bertz CT molecular complexity index is 442. The number of methoxy groups -OCH3 is 2. The molecule has 0 fully saturated rings. The van der Waals surface area contributed by atoms with Crippen LogP contribution in [0.15, 0.2) is 34.8 Å². The molecule has 0 aliphatic rings. The number of halogens is 1. The number of aliphatic hydroxyl groups is 1. The SMILES string of the molecule is C=C(C(=O)OC)C(O)c1ccc(OC)c(Br)c1. The minimum Gasteiger partial charge on any atom is -0.496 e. The normalized spacial score (nSPS) is 11.8. The summed E-state index contributed by atoms with van der Waals surface area (Å²) in [5.41, 5.74) is 0.526. The number of benzene rings is 1. The fraction of sp³-hybridized carbons (Fsp3) is 0.250. The smallest absolute Gasteiger partial charge is 0.336 e. The van der Waals surface area contributed by atoms with E-state index in [1.807, 2.05) is 0 Å². The number of esters is 1. The molecule has 0 radical (unpaired) electrons. The second-order valence-corrected chi connectivity index (χ2v) is 4.17. The molecule has 1 aromatic rings. The monoisotopic (exact) mass is 300 g/mol. The van der Waals surface area contributed by atoms with Gasteiger partial charge in [0.2, 0.25) is 0 Å². The summed E-state index contributed by atoms with van der Waals surface area (Å²) in [4.78, 5) is 11.2. The molecule has 1 N–H and O–H groups in total. The number of ether oxygens (including phenoxy) is 2. The number of hydrogen-bond donors (Lipinski definition) is 1. The fourth-order valence-electron chi connectivity index (χ4n) is 1.30. The van der Waals surface area contributed by atoms with Gasteiger partial charge in [-0.1, -0.05) is 12.6 Å². The van der Waals surface area contributed by atoms with Crippen molar-refractivity contribution < 1.29 is 19.4 Å². The highest BCUT2D eigenvalue weighted by molar-refractivity contribution is 9.10. The van der Waals surface area contributed by atoms with Gasteiger partial charge in [-0.2, -0.15) is 0 Å². The van der Waals surface area contributed by atoms with Gasteiger partial charge in [-0.25, -0.2) is 4.79 Å². The van der Waals surface area contributed by atoms with E-state index in [0.717, 1.165) is 0 Å². The van der Waals surface area contributed by atoms with Crippen molar-refractivity contribution in [3.05, 3.63) is 40.4 Å². The predicted octanol–water partition coefficient (Wildman–Crippen LogP) is 2.22. The molecule has 0 saturated carbocycles. The van der Waals surface area contributed by atoms with Crippen LogP contribution in [0.1, 0.15) is 11.7 Å². The third-order valence-corrected chi connectivity index (χ3v) is 2.89. The molecule has 17 heavy (non-hydrogen) atoms. The van der Waals surface area contributed by atoms with Crippen LogP contribution in [0.25, 0.3) is 0 Å². The Morgan fingerprint density at radius 1 is 1.47 bits per heavy atom. The average Bonchev–Trinajstić information content (AvgIpc) is 2.35. The number of hydrogen-bond acceptors (Lipinski definition) is 4. The van der Waals surface area contributed by atoms with Crippen LogP contribution in [0.3, 0.4) is 0 Å². The van der Waals surface area contributed by atoms with E-state index in [0.29, 0.717) is 15.8 Å². The maximum Gasteiger partial charge on any atom is 0.336 e. The highest BCUT2D eigenvalue weighted by atomic mass is 79.9. The minimum absolute atomic E-state index is 0.00966. The number of aliphatic hydroxyl groups excluding tert-OH is 1. The molecule has 0 amide bonds. The maximum atomic E-state index is 11.2. The topological polar surface area (TPSA) is 55.8 Å². The lowest BCUT2D eigenvalue weighted by Gasteiger charge is -2.13. The van der Waals surface area contributed by atoms with E-state index in [-0.39, 0.29) is 5.57 Å². The van der Waals surface area contributed by atoms with Crippen molar-refractivity contribution in [1.29, 1.82) is 0 Å². The van der Waals surface area contributed by atoms with Gasteiger partial charge in [-0.05, 0) is 33.6 Å². The summed E-state index contributed by atoms with van der Waals surface area (Å²) in [7, 11) is 2.79. The Balaban J connectivity index is 2.97. The van der Waals surface area contributed by atoms with Crippen molar-refractivity contribution >= 4 is 21.9 Å². The van der Waals surface area contributed by atoms with Gasteiger partial charge >= 0.3 is 5.97 Å². The zero-order chi connectivity index (χ0) is 13.0. The van der Waals surface area contributed by atoms with Crippen molar-refractivity contribution in [2.24, 2.45) is 0 Å². The van der Waals surface area contributed by atoms with Gasteiger partial charge in [-0.15, -0.1) is 0 Å². The van der Waals surface area contributed by atoms with Crippen LogP contribution in [-0.4, -0.2) is 25.3 Å². The van der Waals surface area contributed by atoms with Crippen LogP contribution < -0.4 is 4.74 Å². The predicted molar refractivity (Wildman–Crippen MR) is 66.8 cm³/mol. The Hall–Kier alpha value is -1.33. The van der Waals surface area contributed by atoms with Gasteiger partial charge in [0.25, 0.3) is 0 Å². The van der Waals surface area contributed by atoms with E-state index in [1.165, 1.54) is 7.11 Å². The Kier molecular flexibility index (Phi) is 4.72. The third kappa shape index (κ3) is 3.08. The Labute approximate surface area is 108 Å². The molecule has 0 heterocycles. The van der Waals surface area contributed by atoms with Crippen molar-refractivity contribution in [1.82, 2.24) is 0 Å². The van der Waals surface area contributed by atoms with Crippen LogP contribution in [0.2, 0.25) is 0 Å². The first-order chi connectivity index (χ1) is 8.01. The maximum absolute atomic E-state index is 11.2. The standard InChI is InChI=1S/C12H13BrO4/c1-7(12(15)17-3)11(14)8-4-5-10(16-2)9(13)6-8/h4-6,11,14H,1H2,2-3H3. The second-order valence-electron chi connectivity index (χ2n) is 3.31. The first-order valence-electron chi connectivity index (χ1n) is 4.79. The molecule has 1 aromatic carbocycles. The van der Waals surface area contributed by atoms with Crippen molar-refractivity contribution in [3.8, 4) is 5.75 Å². The summed E-state index contributed by atoms with van der Waals surface area (Å²) in [6, 6.07) is 5.01. The Morgan fingerprint density at radius 2 is 2.12 bits per heavy atom. The Morgan fingerprint density at radius 3 is 2.59 bits per heavy atom. The van der Waals surface area contributed by atoms with Crippen molar-refractivity contribution in [2.45, 2.75) is 6.10 Å². The van der Waals surface area contributed by atoms with Gasteiger partial charge < -0.3 is 14.6 Å². The van der Waals surface area contributed by atoms with E-state index in [4.69, 9.17) is 4.74 Å². The molecule has 1 atom stereocenters. The zero-order valence-electron chi connectivity index (χ0n) is 9.57. The molecule has 0 bridgehead atoms. The first-order valence-corrected chi connectivity index (χ1v) is 5.59. The molecule has 0 aromatic heterocycles. The van der Waals surface area contributed by atoms with Gasteiger partial charge in [0.15, 0.2) is 0 Å². The minimum atomic E-state index is -1.09. The van der Waals surface area contributed by atoms with Crippen molar-refractivity contribution in [2.75, 3.05) is 14.2 Å². The first kappa shape index (κ1) is 13.7. The lowest BCUT2D eigenvalue weighted by Crippen LogP contribution is -2.12. The van der Waals surface area contributed by atoms with E-state index < -0.39 is 12.1 Å². The van der Waals surface area contributed by atoms with E-state index in [9.17, 15) is 9.90 Å². The molecule has 0 saturated heterocycles. The quantitative estimate of drug-likeness (QED) is 0.684. The van der Waals surface area contributed by atoms with E-state index >= 15 is 0 Å². The third-order valence-electron chi connectivity index (χ3n) is 2.27. The lowest BCUT2D eigenvalue weighted by atomic mass is 10.0. The lowest BCUT2D eigenvalue weighted by molar-refractivity contribution is -0.137. The highest BCUT2D eigenvalue weighted by Gasteiger charge is 2.19. The average molecular weight is 301 g/mol. The summed E-state index contributed by atoms with van der Waals surface area (Å²) in [6.45, 7) is 3.50. The molecule has 1 unspecified atom stereocenters. The van der Waals surface area contributed by atoms with Gasteiger partial charge in [0, 0.05) is 0 Å². The molecule has 0 aliphatic heterocycles. The largest absolute Gasteiger partial charge is 0.496 e. The summed E-state index contributed by atoms with van der Waals surface area (Å²) in [5, 5.41) is 9.92. The van der Waals surface area contributed by atoms with Crippen LogP contribution >= 0.6 is 15.9 Å². The molecule has 4 nitrogen and oxygen atoms in total. The van der Waals surface area contributed by atoms with Crippen molar-refractivity contribution in [3.63, 3.8) is 0 Å².